The highest BCUT2D eigenvalue weighted by Gasteiger charge is 2.17. The minimum atomic E-state index is -0.888. The molecule has 1 amide bonds. The van der Waals surface area contributed by atoms with E-state index in [1.54, 1.807) is 0 Å². The average molecular weight is 215 g/mol. The Kier molecular flexibility index (Phi) is 5.10. The molecule has 0 spiro atoms. The van der Waals surface area contributed by atoms with Crippen molar-refractivity contribution in [1.82, 2.24) is 5.32 Å². The summed E-state index contributed by atoms with van der Waals surface area (Å²) in [4.78, 5) is 21.6. The first-order chi connectivity index (χ1) is 7.18. The molecule has 86 valence electrons. The molecular weight excluding hydrogens is 198 g/mol. The summed E-state index contributed by atoms with van der Waals surface area (Å²) in [5, 5.41) is 11.0. The third kappa shape index (κ3) is 5.37. The molecule has 0 radical (unpaired) electrons. The predicted molar refractivity (Wildman–Crippen MR) is 53.4 cm³/mol. The van der Waals surface area contributed by atoms with Gasteiger partial charge in [-0.2, -0.15) is 0 Å². The first-order valence-electron chi connectivity index (χ1n) is 5.24. The van der Waals surface area contributed by atoms with E-state index in [4.69, 9.17) is 9.84 Å². The van der Waals surface area contributed by atoms with E-state index >= 15 is 0 Å². The van der Waals surface area contributed by atoms with Crippen molar-refractivity contribution in [3.8, 4) is 0 Å². The Balaban J connectivity index is 2.09. The van der Waals surface area contributed by atoms with Gasteiger partial charge in [-0.25, -0.2) is 0 Å². The smallest absolute Gasteiger partial charge is 0.305 e. The van der Waals surface area contributed by atoms with Crippen LogP contribution in [0.15, 0.2) is 0 Å². The van der Waals surface area contributed by atoms with Crippen LogP contribution in [0.4, 0.5) is 0 Å². The lowest BCUT2D eigenvalue weighted by molar-refractivity contribution is -0.136. The van der Waals surface area contributed by atoms with Crippen LogP contribution in [0.25, 0.3) is 0 Å². The summed E-state index contributed by atoms with van der Waals surface area (Å²) in [6, 6.07) is 0. The molecule has 5 heteroatoms. The zero-order valence-electron chi connectivity index (χ0n) is 8.70. The number of rotatable bonds is 5. The molecular formula is C10H17NO4. The molecule has 0 saturated carbocycles. The third-order valence-electron chi connectivity index (χ3n) is 2.48. The number of carboxylic acids is 1. The molecule has 1 aliphatic heterocycles. The fourth-order valence-corrected chi connectivity index (χ4v) is 1.59. The van der Waals surface area contributed by atoms with E-state index in [0.717, 1.165) is 26.1 Å². The molecule has 1 fully saturated rings. The van der Waals surface area contributed by atoms with Gasteiger partial charge in [0, 0.05) is 26.2 Å². The van der Waals surface area contributed by atoms with Gasteiger partial charge < -0.3 is 15.2 Å². The Bertz CT molecular complexity index is 223. The zero-order chi connectivity index (χ0) is 11.1. The molecule has 5 nitrogen and oxygen atoms in total. The number of ether oxygens (including phenoxy) is 1. The summed E-state index contributed by atoms with van der Waals surface area (Å²) >= 11 is 0. The minimum Gasteiger partial charge on any atom is -0.481 e. The van der Waals surface area contributed by atoms with Crippen LogP contribution in [0.2, 0.25) is 0 Å². The maximum atomic E-state index is 11.3. The molecule has 0 aliphatic carbocycles. The van der Waals surface area contributed by atoms with Crippen LogP contribution in [-0.4, -0.2) is 36.7 Å². The first-order valence-corrected chi connectivity index (χ1v) is 5.24. The lowest BCUT2D eigenvalue weighted by Gasteiger charge is -2.21. The highest BCUT2D eigenvalue weighted by atomic mass is 16.5. The van der Waals surface area contributed by atoms with Crippen LogP contribution in [0.3, 0.4) is 0 Å². The first kappa shape index (κ1) is 12.0. The number of carbonyl (C=O) groups is 2. The van der Waals surface area contributed by atoms with Gasteiger partial charge in [0.2, 0.25) is 5.91 Å². The highest BCUT2D eigenvalue weighted by Crippen LogP contribution is 2.17. The number of aliphatic carboxylic acids is 1. The average Bonchev–Trinajstić information content (AvgIpc) is 2.18. The lowest BCUT2D eigenvalue weighted by Crippen LogP contribution is -2.29. The Labute approximate surface area is 88.8 Å². The van der Waals surface area contributed by atoms with Gasteiger partial charge >= 0.3 is 5.97 Å². The molecule has 0 bridgehead atoms. The largest absolute Gasteiger partial charge is 0.481 e. The van der Waals surface area contributed by atoms with E-state index in [9.17, 15) is 9.59 Å². The molecule has 15 heavy (non-hydrogen) atoms. The summed E-state index contributed by atoms with van der Waals surface area (Å²) in [5.41, 5.74) is 0. The summed E-state index contributed by atoms with van der Waals surface area (Å²) in [7, 11) is 0. The van der Waals surface area contributed by atoms with Crippen LogP contribution >= 0.6 is 0 Å². The fraction of sp³-hybridized carbons (Fsp3) is 0.800. The van der Waals surface area contributed by atoms with Gasteiger partial charge in [0.1, 0.15) is 0 Å². The Morgan fingerprint density at radius 3 is 2.60 bits per heavy atom. The summed E-state index contributed by atoms with van der Waals surface area (Å²) in [6.45, 7) is 1.68. The molecule has 0 aromatic rings. The van der Waals surface area contributed by atoms with Crippen LogP contribution in [0.5, 0.6) is 0 Å². The minimum absolute atomic E-state index is 0.0144. The number of nitrogens with one attached hydrogen (secondary N) is 1. The van der Waals surface area contributed by atoms with Crippen LogP contribution < -0.4 is 5.32 Å². The van der Waals surface area contributed by atoms with Crippen LogP contribution in [-0.2, 0) is 14.3 Å². The number of hydrogen-bond donors (Lipinski definition) is 2. The van der Waals surface area contributed by atoms with Gasteiger partial charge in [-0.05, 0) is 18.8 Å². The summed E-state index contributed by atoms with van der Waals surface area (Å²) < 4.78 is 5.18. The Morgan fingerprint density at radius 2 is 2.00 bits per heavy atom. The van der Waals surface area contributed by atoms with Crippen molar-refractivity contribution in [3.05, 3.63) is 0 Å². The number of amides is 1. The SMILES string of the molecule is O=C(O)CCNC(=O)CC1CCOCC1. The molecule has 1 rings (SSSR count). The second kappa shape index (κ2) is 6.40. The van der Waals surface area contributed by atoms with Gasteiger partial charge in [-0.15, -0.1) is 0 Å². The van der Waals surface area contributed by atoms with Gasteiger partial charge in [0.25, 0.3) is 0 Å². The third-order valence-corrected chi connectivity index (χ3v) is 2.48. The predicted octanol–water partition coefficient (Wildman–Crippen LogP) is 0.394. The van der Waals surface area contributed by atoms with Crippen LogP contribution in [0.1, 0.15) is 25.7 Å². The van der Waals surface area contributed by atoms with E-state index in [0.29, 0.717) is 12.3 Å². The van der Waals surface area contributed by atoms with Crippen molar-refractivity contribution < 1.29 is 19.4 Å². The molecule has 2 N–H and O–H groups in total. The summed E-state index contributed by atoms with van der Waals surface area (Å²) in [6.07, 6.45) is 2.32. The van der Waals surface area contributed by atoms with Gasteiger partial charge in [-0.1, -0.05) is 0 Å². The van der Waals surface area contributed by atoms with Crippen molar-refractivity contribution in [2.24, 2.45) is 5.92 Å². The maximum absolute atomic E-state index is 11.3. The van der Waals surface area contributed by atoms with E-state index in [-0.39, 0.29) is 18.9 Å². The topological polar surface area (TPSA) is 75.6 Å². The van der Waals surface area contributed by atoms with Crippen molar-refractivity contribution in [2.75, 3.05) is 19.8 Å². The molecule has 1 aliphatic rings. The van der Waals surface area contributed by atoms with Gasteiger partial charge in [0.05, 0.1) is 6.42 Å². The second-order valence-corrected chi connectivity index (χ2v) is 3.75. The van der Waals surface area contributed by atoms with Gasteiger partial charge in [-0.3, -0.25) is 9.59 Å². The van der Waals surface area contributed by atoms with Crippen molar-refractivity contribution in [2.45, 2.75) is 25.7 Å². The van der Waals surface area contributed by atoms with E-state index < -0.39 is 5.97 Å². The number of carbonyl (C=O) groups excluding carboxylic acids is 1. The van der Waals surface area contributed by atoms with Crippen molar-refractivity contribution >= 4 is 11.9 Å². The van der Waals surface area contributed by atoms with Crippen molar-refractivity contribution in [3.63, 3.8) is 0 Å². The maximum Gasteiger partial charge on any atom is 0.305 e. The van der Waals surface area contributed by atoms with E-state index in [1.807, 2.05) is 0 Å². The Morgan fingerprint density at radius 1 is 1.33 bits per heavy atom. The molecule has 0 atom stereocenters. The molecule has 0 aromatic carbocycles. The second-order valence-electron chi connectivity index (χ2n) is 3.75. The quantitative estimate of drug-likeness (QED) is 0.695. The van der Waals surface area contributed by atoms with Gasteiger partial charge in [0.15, 0.2) is 0 Å². The van der Waals surface area contributed by atoms with Crippen molar-refractivity contribution in [1.29, 1.82) is 0 Å². The van der Waals surface area contributed by atoms with E-state index in [1.165, 1.54) is 0 Å². The van der Waals surface area contributed by atoms with E-state index in [2.05, 4.69) is 5.32 Å². The number of carboxylic acid groups (broad SMARTS) is 1. The molecule has 0 aromatic heterocycles. The lowest BCUT2D eigenvalue weighted by atomic mass is 9.96. The van der Waals surface area contributed by atoms with Crippen LogP contribution in [0, 0.1) is 5.92 Å². The standard InChI is InChI=1S/C10H17NO4/c12-9(11-4-1-10(13)14)7-8-2-5-15-6-3-8/h8H,1-7H2,(H,11,12)(H,13,14). The summed E-state index contributed by atoms with van der Waals surface area (Å²) in [5.74, 6) is -0.548. The highest BCUT2D eigenvalue weighted by molar-refractivity contribution is 5.77. The monoisotopic (exact) mass is 215 g/mol. The molecule has 1 heterocycles. The Hall–Kier alpha value is -1.10. The number of hydrogen-bond acceptors (Lipinski definition) is 3. The normalized spacial score (nSPS) is 17.3. The zero-order valence-corrected chi connectivity index (χ0v) is 8.70. The molecule has 1 saturated heterocycles. The molecule has 0 unspecified atom stereocenters. The fourth-order valence-electron chi connectivity index (χ4n) is 1.59.